The molecule has 0 amide bonds. The normalized spacial score (nSPS) is 11.3. The Kier molecular flexibility index (Phi) is 1.83. The third-order valence-electron chi connectivity index (χ3n) is 2.55. The number of nitrogens with zero attached hydrogens (tertiary/aromatic N) is 1. The summed E-state index contributed by atoms with van der Waals surface area (Å²) in [6.07, 6.45) is 0. The number of pyridine rings is 1. The minimum Gasteiger partial charge on any atom is -0.339 e. The average molecular weight is 261 g/mol. The third kappa shape index (κ3) is 1.27. The Morgan fingerprint density at radius 1 is 1.27 bits per heavy atom. The molecule has 3 heteroatoms. The van der Waals surface area contributed by atoms with Gasteiger partial charge in [0, 0.05) is 26.5 Å². The van der Waals surface area contributed by atoms with Crippen LogP contribution in [0.15, 0.2) is 34.8 Å². The standard InChI is InChI=1S/C12H9BrN2/c1-7-6-9(13)11-8-4-2-3-5-10(8)15-12(11)14-7/h2-6H,1H3,(H,14,15). The lowest BCUT2D eigenvalue weighted by molar-refractivity contribution is 1.22. The molecule has 3 aromatic rings. The maximum atomic E-state index is 4.49. The van der Waals surface area contributed by atoms with Gasteiger partial charge in [-0.05, 0) is 35.0 Å². The molecule has 2 heterocycles. The van der Waals surface area contributed by atoms with E-state index in [1.807, 2.05) is 25.1 Å². The molecule has 0 aliphatic rings. The molecule has 2 nitrogen and oxygen atoms in total. The van der Waals surface area contributed by atoms with E-state index in [4.69, 9.17) is 0 Å². The Bertz CT molecular complexity index is 655. The van der Waals surface area contributed by atoms with Crippen LogP contribution in [0.1, 0.15) is 5.69 Å². The summed E-state index contributed by atoms with van der Waals surface area (Å²) in [6, 6.07) is 10.3. The van der Waals surface area contributed by atoms with Gasteiger partial charge in [-0.25, -0.2) is 4.98 Å². The summed E-state index contributed by atoms with van der Waals surface area (Å²) >= 11 is 3.59. The lowest BCUT2D eigenvalue weighted by atomic mass is 10.2. The Morgan fingerprint density at radius 2 is 2.07 bits per heavy atom. The van der Waals surface area contributed by atoms with E-state index in [1.54, 1.807) is 0 Å². The minimum absolute atomic E-state index is 0.947. The van der Waals surface area contributed by atoms with Crippen LogP contribution < -0.4 is 0 Å². The molecular weight excluding hydrogens is 252 g/mol. The van der Waals surface area contributed by atoms with Crippen LogP contribution in [0.25, 0.3) is 21.9 Å². The third-order valence-corrected chi connectivity index (χ3v) is 3.17. The first kappa shape index (κ1) is 8.92. The van der Waals surface area contributed by atoms with E-state index in [2.05, 4.69) is 38.0 Å². The number of para-hydroxylation sites is 1. The van der Waals surface area contributed by atoms with Crippen LogP contribution in [-0.4, -0.2) is 9.97 Å². The summed E-state index contributed by atoms with van der Waals surface area (Å²) < 4.78 is 1.10. The maximum absolute atomic E-state index is 4.49. The quantitative estimate of drug-likeness (QED) is 0.655. The van der Waals surface area contributed by atoms with Gasteiger partial charge in [0.15, 0.2) is 0 Å². The van der Waals surface area contributed by atoms with Crippen LogP contribution in [0.3, 0.4) is 0 Å². The second-order valence-electron chi connectivity index (χ2n) is 3.64. The van der Waals surface area contributed by atoms with E-state index in [9.17, 15) is 0 Å². The second-order valence-corrected chi connectivity index (χ2v) is 4.49. The summed E-state index contributed by atoms with van der Waals surface area (Å²) in [4.78, 5) is 7.81. The van der Waals surface area contributed by atoms with Gasteiger partial charge in [-0.15, -0.1) is 0 Å². The van der Waals surface area contributed by atoms with Gasteiger partial charge < -0.3 is 4.98 Å². The Labute approximate surface area is 95.5 Å². The highest BCUT2D eigenvalue weighted by Gasteiger charge is 2.08. The van der Waals surface area contributed by atoms with Crippen LogP contribution >= 0.6 is 15.9 Å². The van der Waals surface area contributed by atoms with Gasteiger partial charge in [-0.1, -0.05) is 18.2 Å². The molecule has 0 aliphatic heterocycles. The van der Waals surface area contributed by atoms with Crippen molar-refractivity contribution < 1.29 is 0 Å². The highest BCUT2D eigenvalue weighted by atomic mass is 79.9. The predicted molar refractivity (Wildman–Crippen MR) is 66.0 cm³/mol. The van der Waals surface area contributed by atoms with Crippen LogP contribution in [0.4, 0.5) is 0 Å². The zero-order chi connectivity index (χ0) is 10.4. The van der Waals surface area contributed by atoms with E-state index in [-0.39, 0.29) is 0 Å². The lowest BCUT2D eigenvalue weighted by Crippen LogP contribution is -1.82. The molecule has 1 N–H and O–H groups in total. The molecule has 0 spiro atoms. The SMILES string of the molecule is Cc1cc(Br)c2c(n1)[nH]c1ccccc12. The van der Waals surface area contributed by atoms with Crippen molar-refractivity contribution in [3.8, 4) is 0 Å². The molecule has 74 valence electrons. The first-order valence-electron chi connectivity index (χ1n) is 4.79. The van der Waals surface area contributed by atoms with E-state index < -0.39 is 0 Å². The Morgan fingerprint density at radius 3 is 2.93 bits per heavy atom. The van der Waals surface area contributed by atoms with Crippen LogP contribution in [0.2, 0.25) is 0 Å². The van der Waals surface area contributed by atoms with Gasteiger partial charge in [0.05, 0.1) is 0 Å². The van der Waals surface area contributed by atoms with Crippen molar-refractivity contribution in [1.82, 2.24) is 9.97 Å². The molecule has 1 aromatic carbocycles. The number of fused-ring (bicyclic) bond motifs is 3. The molecule has 15 heavy (non-hydrogen) atoms. The summed E-state index contributed by atoms with van der Waals surface area (Å²) in [5.74, 6) is 0. The van der Waals surface area contributed by atoms with Gasteiger partial charge in [0.1, 0.15) is 5.65 Å². The minimum atomic E-state index is 0.947. The number of hydrogen-bond donors (Lipinski definition) is 1. The highest BCUT2D eigenvalue weighted by Crippen LogP contribution is 2.30. The Hall–Kier alpha value is -1.35. The molecule has 0 aliphatic carbocycles. The number of aryl methyl sites for hydroxylation is 1. The van der Waals surface area contributed by atoms with Crippen LogP contribution in [0.5, 0.6) is 0 Å². The molecule has 0 fully saturated rings. The summed E-state index contributed by atoms with van der Waals surface area (Å²) in [7, 11) is 0. The Balaban J connectivity index is 2.61. The predicted octanol–water partition coefficient (Wildman–Crippen LogP) is 3.79. The van der Waals surface area contributed by atoms with Gasteiger partial charge >= 0.3 is 0 Å². The van der Waals surface area contributed by atoms with Gasteiger partial charge in [-0.3, -0.25) is 0 Å². The smallest absolute Gasteiger partial charge is 0.139 e. The molecule has 0 bridgehead atoms. The monoisotopic (exact) mass is 260 g/mol. The number of halogens is 1. The van der Waals surface area contributed by atoms with Gasteiger partial charge in [-0.2, -0.15) is 0 Å². The van der Waals surface area contributed by atoms with Crippen molar-refractivity contribution in [1.29, 1.82) is 0 Å². The summed E-state index contributed by atoms with van der Waals surface area (Å²) in [5, 5.41) is 2.38. The fourth-order valence-corrected chi connectivity index (χ4v) is 2.65. The first-order valence-corrected chi connectivity index (χ1v) is 5.58. The number of nitrogens with one attached hydrogen (secondary N) is 1. The van der Waals surface area contributed by atoms with Gasteiger partial charge in [0.25, 0.3) is 0 Å². The zero-order valence-corrected chi connectivity index (χ0v) is 9.80. The second kappa shape index (κ2) is 3.07. The fraction of sp³-hybridized carbons (Fsp3) is 0.0833. The summed E-state index contributed by atoms with van der Waals surface area (Å²) in [6.45, 7) is 2.00. The van der Waals surface area contributed by atoms with Crippen molar-refractivity contribution in [3.63, 3.8) is 0 Å². The molecule has 0 saturated heterocycles. The molecule has 3 rings (SSSR count). The summed E-state index contributed by atoms with van der Waals surface area (Å²) in [5.41, 5.74) is 3.09. The van der Waals surface area contributed by atoms with Gasteiger partial charge in [0.2, 0.25) is 0 Å². The molecule has 0 atom stereocenters. The van der Waals surface area contributed by atoms with Crippen molar-refractivity contribution in [2.75, 3.05) is 0 Å². The largest absolute Gasteiger partial charge is 0.339 e. The van der Waals surface area contributed by atoms with Crippen molar-refractivity contribution in [3.05, 3.63) is 40.5 Å². The van der Waals surface area contributed by atoms with Crippen LogP contribution in [0, 0.1) is 6.92 Å². The maximum Gasteiger partial charge on any atom is 0.139 e. The first-order chi connectivity index (χ1) is 7.25. The number of H-pyrrole nitrogens is 1. The topological polar surface area (TPSA) is 28.7 Å². The number of hydrogen-bond acceptors (Lipinski definition) is 1. The number of rotatable bonds is 0. The van der Waals surface area contributed by atoms with E-state index in [0.717, 1.165) is 26.7 Å². The van der Waals surface area contributed by atoms with Crippen molar-refractivity contribution in [2.24, 2.45) is 0 Å². The molecule has 2 aromatic heterocycles. The van der Waals surface area contributed by atoms with Crippen LogP contribution in [-0.2, 0) is 0 Å². The zero-order valence-electron chi connectivity index (χ0n) is 8.21. The van der Waals surface area contributed by atoms with E-state index in [0.29, 0.717) is 0 Å². The van der Waals surface area contributed by atoms with Crippen molar-refractivity contribution in [2.45, 2.75) is 6.92 Å². The van der Waals surface area contributed by atoms with E-state index in [1.165, 1.54) is 5.39 Å². The lowest BCUT2D eigenvalue weighted by Gasteiger charge is -1.96. The van der Waals surface area contributed by atoms with E-state index >= 15 is 0 Å². The number of aromatic nitrogens is 2. The number of benzene rings is 1. The molecule has 0 radical (unpaired) electrons. The molecular formula is C12H9BrN2. The number of aromatic amines is 1. The van der Waals surface area contributed by atoms with Crippen molar-refractivity contribution >= 4 is 37.9 Å². The molecule has 0 saturated carbocycles. The fourth-order valence-electron chi connectivity index (χ4n) is 1.92. The highest BCUT2D eigenvalue weighted by molar-refractivity contribution is 9.10. The molecule has 0 unspecified atom stereocenters. The average Bonchev–Trinajstić information content (AvgIpc) is 2.54.